The zero-order chi connectivity index (χ0) is 8.39. The van der Waals surface area contributed by atoms with Gasteiger partial charge in [-0.25, -0.2) is 0 Å². The van der Waals surface area contributed by atoms with Crippen molar-refractivity contribution in [3.05, 3.63) is 0 Å². The average Bonchev–Trinajstić information content (AvgIpc) is 2.53. The molecule has 12 heavy (non-hydrogen) atoms. The third-order valence-electron chi connectivity index (χ3n) is 2.92. The summed E-state index contributed by atoms with van der Waals surface area (Å²) in [6, 6.07) is 0.699. The van der Waals surface area contributed by atoms with Crippen LogP contribution in [0.15, 0.2) is 4.99 Å². The minimum absolute atomic E-state index is 0.699. The lowest BCUT2D eigenvalue weighted by molar-refractivity contribution is 0.258. The first-order valence-corrected chi connectivity index (χ1v) is 4.94. The summed E-state index contributed by atoms with van der Waals surface area (Å²) >= 11 is 0. The molecule has 2 aliphatic rings. The maximum absolute atomic E-state index is 5.79. The molecule has 1 heterocycles. The molecular weight excluding hydrogens is 150 g/mol. The van der Waals surface area contributed by atoms with Crippen LogP contribution in [0.5, 0.6) is 0 Å². The molecule has 0 atom stereocenters. The predicted molar refractivity (Wildman–Crippen MR) is 50.1 cm³/mol. The van der Waals surface area contributed by atoms with Gasteiger partial charge in [-0.15, -0.1) is 0 Å². The molecule has 0 unspecified atom stereocenters. The molecule has 0 amide bonds. The Labute approximate surface area is 73.6 Å². The number of hydrogen-bond donors (Lipinski definition) is 1. The molecule has 0 aromatic rings. The molecule has 1 saturated carbocycles. The number of nitrogens with zero attached hydrogens (tertiary/aromatic N) is 2. The first kappa shape index (κ1) is 7.90. The first-order chi connectivity index (χ1) is 5.88. The van der Waals surface area contributed by atoms with Crippen LogP contribution in [-0.2, 0) is 0 Å². The van der Waals surface area contributed by atoms with Crippen molar-refractivity contribution in [2.45, 2.75) is 38.1 Å². The zero-order valence-corrected chi connectivity index (χ0v) is 7.50. The molecule has 3 heteroatoms. The fraction of sp³-hybridized carbons (Fsp3) is 0.889. The van der Waals surface area contributed by atoms with Crippen LogP contribution in [0, 0.1) is 0 Å². The van der Waals surface area contributed by atoms with E-state index in [-0.39, 0.29) is 0 Å². The molecule has 0 spiro atoms. The highest BCUT2D eigenvalue weighted by Crippen LogP contribution is 2.23. The third-order valence-corrected chi connectivity index (χ3v) is 2.92. The van der Waals surface area contributed by atoms with E-state index < -0.39 is 0 Å². The minimum atomic E-state index is 0.699. The quantitative estimate of drug-likeness (QED) is 0.631. The summed E-state index contributed by atoms with van der Waals surface area (Å²) in [6.45, 7) is 1.96. The molecular formula is C9H17N3. The second-order valence-electron chi connectivity index (χ2n) is 3.73. The number of hydrogen-bond acceptors (Lipinski definition) is 3. The van der Waals surface area contributed by atoms with Gasteiger partial charge in [-0.3, -0.25) is 4.99 Å². The predicted octanol–water partition coefficient (Wildman–Crippen LogP) is 0.949. The van der Waals surface area contributed by atoms with E-state index >= 15 is 0 Å². The topological polar surface area (TPSA) is 41.6 Å². The molecule has 1 aliphatic heterocycles. The van der Waals surface area contributed by atoms with E-state index in [0.717, 1.165) is 19.0 Å². The Bertz CT molecular complexity index is 182. The van der Waals surface area contributed by atoms with Crippen molar-refractivity contribution in [2.24, 2.45) is 10.7 Å². The summed E-state index contributed by atoms with van der Waals surface area (Å²) in [6.07, 6.45) is 6.77. The van der Waals surface area contributed by atoms with Crippen molar-refractivity contribution in [2.75, 3.05) is 13.1 Å². The van der Waals surface area contributed by atoms with Crippen LogP contribution in [0.3, 0.4) is 0 Å². The molecule has 1 fully saturated rings. The monoisotopic (exact) mass is 167 g/mol. The number of guanidine groups is 1. The van der Waals surface area contributed by atoms with Gasteiger partial charge in [0.25, 0.3) is 0 Å². The minimum Gasteiger partial charge on any atom is -0.370 e. The van der Waals surface area contributed by atoms with Crippen molar-refractivity contribution >= 4 is 5.96 Å². The number of rotatable bonds is 1. The summed E-state index contributed by atoms with van der Waals surface area (Å²) in [5.74, 6) is 0.780. The molecule has 68 valence electrons. The van der Waals surface area contributed by atoms with E-state index in [1.54, 1.807) is 0 Å². The molecule has 0 aromatic heterocycles. The normalized spacial score (nSPS) is 26.0. The van der Waals surface area contributed by atoms with Gasteiger partial charge in [0.1, 0.15) is 0 Å². The molecule has 0 saturated heterocycles. The Morgan fingerprint density at radius 3 is 2.58 bits per heavy atom. The summed E-state index contributed by atoms with van der Waals surface area (Å²) in [7, 11) is 0. The van der Waals surface area contributed by atoms with Crippen LogP contribution in [0.1, 0.15) is 32.1 Å². The molecule has 2 rings (SSSR count). The van der Waals surface area contributed by atoms with Crippen molar-refractivity contribution in [3.8, 4) is 0 Å². The highest BCUT2D eigenvalue weighted by molar-refractivity contribution is 5.79. The zero-order valence-electron chi connectivity index (χ0n) is 7.50. The Balaban J connectivity index is 1.94. The maximum atomic E-state index is 5.79. The van der Waals surface area contributed by atoms with Crippen LogP contribution < -0.4 is 5.73 Å². The van der Waals surface area contributed by atoms with E-state index in [1.165, 1.54) is 32.1 Å². The fourth-order valence-electron chi connectivity index (χ4n) is 2.24. The van der Waals surface area contributed by atoms with Crippen molar-refractivity contribution < 1.29 is 0 Å². The smallest absolute Gasteiger partial charge is 0.191 e. The lowest BCUT2D eigenvalue weighted by Gasteiger charge is -2.31. The van der Waals surface area contributed by atoms with Crippen LogP contribution in [-0.4, -0.2) is 30.0 Å². The third kappa shape index (κ3) is 1.40. The average molecular weight is 167 g/mol. The second-order valence-corrected chi connectivity index (χ2v) is 3.73. The van der Waals surface area contributed by atoms with Gasteiger partial charge in [-0.05, 0) is 12.8 Å². The van der Waals surface area contributed by atoms with Crippen molar-refractivity contribution in [1.29, 1.82) is 0 Å². The summed E-state index contributed by atoms with van der Waals surface area (Å²) in [4.78, 5) is 6.50. The van der Waals surface area contributed by atoms with Gasteiger partial charge in [0.15, 0.2) is 5.96 Å². The Hall–Kier alpha value is -0.730. The lowest BCUT2D eigenvalue weighted by atomic mass is 9.94. The van der Waals surface area contributed by atoms with E-state index in [2.05, 4.69) is 9.89 Å². The van der Waals surface area contributed by atoms with Gasteiger partial charge in [0.2, 0.25) is 0 Å². The van der Waals surface area contributed by atoms with Crippen LogP contribution in [0.25, 0.3) is 0 Å². The summed E-state index contributed by atoms with van der Waals surface area (Å²) < 4.78 is 0. The fourth-order valence-corrected chi connectivity index (χ4v) is 2.24. The highest BCUT2D eigenvalue weighted by Gasteiger charge is 2.24. The van der Waals surface area contributed by atoms with Crippen molar-refractivity contribution in [3.63, 3.8) is 0 Å². The number of nitrogens with two attached hydrogens (primary N) is 1. The first-order valence-electron chi connectivity index (χ1n) is 4.94. The van der Waals surface area contributed by atoms with Gasteiger partial charge in [0, 0.05) is 12.6 Å². The molecule has 0 radical (unpaired) electrons. The molecule has 1 aliphatic carbocycles. The summed E-state index contributed by atoms with van der Waals surface area (Å²) in [5.41, 5.74) is 5.79. The van der Waals surface area contributed by atoms with E-state index in [0.29, 0.717) is 6.04 Å². The lowest BCUT2D eigenvalue weighted by Crippen LogP contribution is -2.43. The Morgan fingerprint density at radius 2 is 2.00 bits per heavy atom. The number of aliphatic imine (C=N–C) groups is 1. The largest absolute Gasteiger partial charge is 0.370 e. The second kappa shape index (κ2) is 3.33. The highest BCUT2D eigenvalue weighted by atomic mass is 15.3. The van der Waals surface area contributed by atoms with Gasteiger partial charge in [0.05, 0.1) is 6.54 Å². The Morgan fingerprint density at radius 1 is 1.25 bits per heavy atom. The van der Waals surface area contributed by atoms with Gasteiger partial charge in [-0.1, -0.05) is 19.3 Å². The molecule has 2 N–H and O–H groups in total. The van der Waals surface area contributed by atoms with Crippen LogP contribution in [0.4, 0.5) is 0 Å². The SMILES string of the molecule is NC1=NCCN1C1CCCCC1. The maximum Gasteiger partial charge on any atom is 0.191 e. The molecule has 0 aromatic carbocycles. The molecule has 0 bridgehead atoms. The molecule has 3 nitrogen and oxygen atoms in total. The van der Waals surface area contributed by atoms with E-state index in [1.807, 2.05) is 0 Å². The van der Waals surface area contributed by atoms with Crippen molar-refractivity contribution in [1.82, 2.24) is 4.90 Å². The Kier molecular flexibility index (Phi) is 2.19. The van der Waals surface area contributed by atoms with Crippen LogP contribution in [0.2, 0.25) is 0 Å². The van der Waals surface area contributed by atoms with Gasteiger partial charge < -0.3 is 10.6 Å². The van der Waals surface area contributed by atoms with Gasteiger partial charge in [-0.2, -0.15) is 0 Å². The van der Waals surface area contributed by atoms with E-state index in [4.69, 9.17) is 5.73 Å². The van der Waals surface area contributed by atoms with Crippen LogP contribution >= 0.6 is 0 Å². The summed E-state index contributed by atoms with van der Waals surface area (Å²) in [5, 5.41) is 0. The standard InChI is InChI=1S/C9H17N3/c10-9-11-6-7-12(9)8-4-2-1-3-5-8/h8H,1-7H2,(H2,10,11). The van der Waals surface area contributed by atoms with Gasteiger partial charge >= 0.3 is 0 Å². The van der Waals surface area contributed by atoms with E-state index in [9.17, 15) is 0 Å².